The summed E-state index contributed by atoms with van der Waals surface area (Å²) in [5.74, 6) is -0.141. The van der Waals surface area contributed by atoms with Gasteiger partial charge in [0.2, 0.25) is 0 Å². The van der Waals surface area contributed by atoms with Crippen LogP contribution in [0.15, 0.2) is 41.9 Å². The number of halogens is 1. The van der Waals surface area contributed by atoms with Gasteiger partial charge in [0, 0.05) is 16.6 Å². The molecule has 0 aliphatic heterocycles. The Morgan fingerprint density at radius 1 is 1.41 bits per heavy atom. The molecule has 0 atom stereocenters. The van der Waals surface area contributed by atoms with Gasteiger partial charge in [0.05, 0.1) is 6.54 Å². The zero-order chi connectivity index (χ0) is 12.8. The van der Waals surface area contributed by atoms with Crippen LogP contribution >= 0.6 is 11.6 Å². The van der Waals surface area contributed by atoms with Crippen LogP contribution in [0.3, 0.4) is 0 Å². The first-order valence-electron chi connectivity index (χ1n) is 5.46. The van der Waals surface area contributed by atoms with Crippen molar-refractivity contribution in [1.82, 2.24) is 10.4 Å². The highest BCUT2D eigenvalue weighted by atomic mass is 35.5. The SMILES string of the molecule is C=C(Cl)CN(NC(=O)c1ccccc1)C(C)C. The minimum atomic E-state index is -0.141. The minimum Gasteiger partial charge on any atom is -0.284 e. The number of nitrogens with zero attached hydrogens (tertiary/aromatic N) is 1. The molecule has 1 amide bonds. The topological polar surface area (TPSA) is 32.3 Å². The smallest absolute Gasteiger partial charge is 0.265 e. The number of benzene rings is 1. The van der Waals surface area contributed by atoms with Gasteiger partial charge in [-0.3, -0.25) is 10.2 Å². The fourth-order valence-electron chi connectivity index (χ4n) is 1.32. The molecular weight excluding hydrogens is 236 g/mol. The Kier molecular flexibility index (Phi) is 5.19. The maximum atomic E-state index is 11.9. The van der Waals surface area contributed by atoms with Crippen molar-refractivity contribution in [3.8, 4) is 0 Å². The lowest BCUT2D eigenvalue weighted by atomic mass is 10.2. The Balaban J connectivity index is 2.68. The van der Waals surface area contributed by atoms with Gasteiger partial charge in [0.15, 0.2) is 0 Å². The molecule has 1 rings (SSSR count). The molecule has 4 heteroatoms. The largest absolute Gasteiger partial charge is 0.284 e. The summed E-state index contributed by atoms with van der Waals surface area (Å²) in [6.45, 7) is 8.01. The van der Waals surface area contributed by atoms with Crippen molar-refractivity contribution in [2.45, 2.75) is 19.9 Å². The molecule has 0 heterocycles. The maximum absolute atomic E-state index is 11.9. The average molecular weight is 253 g/mol. The second-order valence-corrected chi connectivity index (χ2v) is 4.58. The van der Waals surface area contributed by atoms with Crippen molar-refractivity contribution in [3.05, 3.63) is 47.5 Å². The van der Waals surface area contributed by atoms with Crippen LogP contribution < -0.4 is 5.43 Å². The average Bonchev–Trinajstić information content (AvgIpc) is 2.28. The molecule has 0 saturated carbocycles. The molecule has 0 spiro atoms. The lowest BCUT2D eigenvalue weighted by molar-refractivity contribution is 0.0752. The van der Waals surface area contributed by atoms with Crippen LogP contribution in [0.2, 0.25) is 0 Å². The molecule has 0 fully saturated rings. The Morgan fingerprint density at radius 3 is 2.47 bits per heavy atom. The van der Waals surface area contributed by atoms with E-state index in [1.165, 1.54) is 0 Å². The summed E-state index contributed by atoms with van der Waals surface area (Å²) >= 11 is 5.76. The predicted octanol–water partition coefficient (Wildman–Crippen LogP) is 2.79. The summed E-state index contributed by atoms with van der Waals surface area (Å²) < 4.78 is 0. The number of hydrogen-bond acceptors (Lipinski definition) is 2. The second kappa shape index (κ2) is 6.42. The number of amides is 1. The summed E-state index contributed by atoms with van der Waals surface area (Å²) in [5, 5.41) is 2.25. The zero-order valence-corrected chi connectivity index (χ0v) is 10.9. The summed E-state index contributed by atoms with van der Waals surface area (Å²) in [7, 11) is 0. The van der Waals surface area contributed by atoms with E-state index in [4.69, 9.17) is 11.6 Å². The molecule has 0 unspecified atom stereocenters. The number of carbonyl (C=O) groups excluding carboxylic acids is 1. The predicted molar refractivity (Wildman–Crippen MR) is 70.7 cm³/mol. The van der Waals surface area contributed by atoms with Crippen molar-refractivity contribution in [2.75, 3.05) is 6.54 Å². The fraction of sp³-hybridized carbons (Fsp3) is 0.308. The lowest BCUT2D eigenvalue weighted by Crippen LogP contribution is -2.46. The van der Waals surface area contributed by atoms with Gasteiger partial charge >= 0.3 is 0 Å². The summed E-state index contributed by atoms with van der Waals surface area (Å²) in [6.07, 6.45) is 0. The molecular formula is C13H17ClN2O. The van der Waals surface area contributed by atoms with E-state index in [-0.39, 0.29) is 11.9 Å². The van der Waals surface area contributed by atoms with E-state index in [1.54, 1.807) is 17.1 Å². The first kappa shape index (κ1) is 13.7. The molecule has 3 nitrogen and oxygen atoms in total. The third kappa shape index (κ3) is 4.59. The Hall–Kier alpha value is -1.32. The van der Waals surface area contributed by atoms with Gasteiger partial charge in [-0.25, -0.2) is 5.01 Å². The first-order valence-corrected chi connectivity index (χ1v) is 5.84. The normalized spacial score (nSPS) is 10.6. The molecule has 0 saturated heterocycles. The van der Waals surface area contributed by atoms with Crippen LogP contribution in [0, 0.1) is 0 Å². The van der Waals surface area contributed by atoms with Gasteiger partial charge in [-0.2, -0.15) is 0 Å². The van der Waals surface area contributed by atoms with E-state index in [0.29, 0.717) is 17.1 Å². The summed E-state index contributed by atoms with van der Waals surface area (Å²) in [6, 6.07) is 9.22. The highest BCUT2D eigenvalue weighted by Crippen LogP contribution is 2.05. The summed E-state index contributed by atoms with van der Waals surface area (Å²) in [4.78, 5) is 11.9. The van der Waals surface area contributed by atoms with Crippen molar-refractivity contribution >= 4 is 17.5 Å². The molecule has 0 aliphatic carbocycles. The van der Waals surface area contributed by atoms with Gasteiger partial charge in [-0.15, -0.1) is 0 Å². The first-order chi connectivity index (χ1) is 8.00. The highest BCUT2D eigenvalue weighted by molar-refractivity contribution is 6.29. The van der Waals surface area contributed by atoms with Crippen molar-refractivity contribution in [1.29, 1.82) is 0 Å². The molecule has 0 bridgehead atoms. The van der Waals surface area contributed by atoms with Gasteiger partial charge in [-0.1, -0.05) is 36.4 Å². The molecule has 0 aliphatic rings. The van der Waals surface area contributed by atoms with Crippen LogP contribution in [0.1, 0.15) is 24.2 Å². The number of hydrazine groups is 1. The number of hydrogen-bond donors (Lipinski definition) is 1. The molecule has 92 valence electrons. The highest BCUT2D eigenvalue weighted by Gasteiger charge is 2.14. The van der Waals surface area contributed by atoms with Crippen molar-refractivity contribution < 1.29 is 4.79 Å². The molecule has 1 aromatic rings. The van der Waals surface area contributed by atoms with Crippen LogP contribution in [0.25, 0.3) is 0 Å². The van der Waals surface area contributed by atoms with Crippen LogP contribution in [-0.4, -0.2) is 23.5 Å². The molecule has 1 N–H and O–H groups in total. The van der Waals surface area contributed by atoms with Gasteiger partial charge in [-0.05, 0) is 26.0 Å². The Morgan fingerprint density at radius 2 is 2.00 bits per heavy atom. The minimum absolute atomic E-state index is 0.141. The van der Waals surface area contributed by atoms with E-state index < -0.39 is 0 Å². The maximum Gasteiger partial charge on any atom is 0.265 e. The quantitative estimate of drug-likeness (QED) is 0.818. The van der Waals surface area contributed by atoms with Gasteiger partial charge in [0.1, 0.15) is 0 Å². The van der Waals surface area contributed by atoms with E-state index in [9.17, 15) is 4.79 Å². The van der Waals surface area contributed by atoms with Crippen molar-refractivity contribution in [2.24, 2.45) is 0 Å². The Bertz CT molecular complexity index is 390. The van der Waals surface area contributed by atoms with Crippen molar-refractivity contribution in [3.63, 3.8) is 0 Å². The lowest BCUT2D eigenvalue weighted by Gasteiger charge is -2.26. The monoisotopic (exact) mass is 252 g/mol. The van der Waals surface area contributed by atoms with Gasteiger partial charge < -0.3 is 0 Å². The van der Waals surface area contributed by atoms with E-state index >= 15 is 0 Å². The molecule has 1 aromatic carbocycles. The zero-order valence-electron chi connectivity index (χ0n) is 10.1. The van der Waals surface area contributed by atoms with Gasteiger partial charge in [0.25, 0.3) is 5.91 Å². The second-order valence-electron chi connectivity index (χ2n) is 4.05. The Labute approximate surface area is 107 Å². The molecule has 0 aromatic heterocycles. The van der Waals surface area contributed by atoms with Crippen LogP contribution in [0.5, 0.6) is 0 Å². The standard InChI is InChI=1S/C13H17ClN2O/c1-10(2)16(9-11(3)14)15-13(17)12-7-5-4-6-8-12/h4-8,10H,3,9H2,1-2H3,(H,15,17). The number of carbonyl (C=O) groups is 1. The fourth-order valence-corrected chi connectivity index (χ4v) is 1.45. The molecule has 17 heavy (non-hydrogen) atoms. The van der Waals surface area contributed by atoms with E-state index in [1.807, 2.05) is 32.0 Å². The molecule has 0 radical (unpaired) electrons. The van der Waals surface area contributed by atoms with E-state index in [0.717, 1.165) is 0 Å². The third-order valence-corrected chi connectivity index (χ3v) is 2.37. The van der Waals surface area contributed by atoms with E-state index in [2.05, 4.69) is 12.0 Å². The van der Waals surface area contributed by atoms with Crippen LogP contribution in [0.4, 0.5) is 0 Å². The van der Waals surface area contributed by atoms with Crippen LogP contribution in [-0.2, 0) is 0 Å². The number of rotatable bonds is 5. The third-order valence-electron chi connectivity index (χ3n) is 2.25. The summed E-state index contributed by atoms with van der Waals surface area (Å²) in [5.41, 5.74) is 3.44. The number of nitrogens with one attached hydrogen (secondary N) is 1.